The monoisotopic (exact) mass is 402 g/mol. The van der Waals surface area contributed by atoms with Gasteiger partial charge in [-0.25, -0.2) is 4.39 Å². The summed E-state index contributed by atoms with van der Waals surface area (Å²) in [5.74, 6) is 0.0339. The van der Waals surface area contributed by atoms with E-state index in [1.165, 1.54) is 17.7 Å². The number of fused-ring (bicyclic) bond motifs is 1. The van der Waals surface area contributed by atoms with Gasteiger partial charge in [0.15, 0.2) is 0 Å². The van der Waals surface area contributed by atoms with Crippen LogP contribution in [-0.2, 0) is 17.8 Å². The first-order chi connectivity index (χ1) is 14.5. The number of para-hydroxylation sites is 1. The van der Waals surface area contributed by atoms with Gasteiger partial charge in [0.05, 0.1) is 12.1 Å². The number of nitrogens with zero attached hydrogens (tertiary/aromatic N) is 3. The van der Waals surface area contributed by atoms with Gasteiger partial charge in [-0.3, -0.25) is 4.79 Å². The zero-order valence-corrected chi connectivity index (χ0v) is 17.1. The Kier molecular flexibility index (Phi) is 5.28. The Morgan fingerprint density at radius 2 is 1.90 bits per heavy atom. The Hall–Kier alpha value is -3.59. The predicted molar refractivity (Wildman–Crippen MR) is 115 cm³/mol. The lowest BCUT2D eigenvalue weighted by molar-refractivity contribution is -0.115. The number of anilines is 2. The topological polar surface area (TPSA) is 61.1 Å². The molecule has 1 aliphatic heterocycles. The Bertz CT molecular complexity index is 1140. The van der Waals surface area contributed by atoms with E-state index in [0.29, 0.717) is 17.9 Å². The number of rotatable bonds is 5. The van der Waals surface area contributed by atoms with E-state index >= 15 is 0 Å². The number of carbonyl (C=O) groups is 1. The number of halogens is 1. The molecule has 0 unspecified atom stereocenters. The van der Waals surface area contributed by atoms with Gasteiger partial charge in [-0.15, -0.1) is 0 Å². The molecule has 0 fully saturated rings. The second-order valence-corrected chi connectivity index (χ2v) is 7.61. The minimum Gasteiger partial charge on any atom is -0.362 e. The summed E-state index contributed by atoms with van der Waals surface area (Å²) in [7, 11) is 0. The van der Waals surface area contributed by atoms with E-state index in [4.69, 9.17) is 0 Å². The van der Waals surface area contributed by atoms with Crippen LogP contribution in [0.1, 0.15) is 27.9 Å². The molecule has 0 aliphatic carbocycles. The zero-order valence-electron chi connectivity index (χ0n) is 17.1. The molecular formula is C24H23FN4O. The van der Waals surface area contributed by atoms with Crippen molar-refractivity contribution in [2.45, 2.75) is 26.8 Å². The minimum absolute atomic E-state index is 0.166. The Morgan fingerprint density at radius 3 is 2.63 bits per heavy atom. The summed E-state index contributed by atoms with van der Waals surface area (Å²) in [4.78, 5) is 15.0. The fourth-order valence-electron chi connectivity index (χ4n) is 4.02. The van der Waals surface area contributed by atoms with Crippen LogP contribution < -0.4 is 10.2 Å². The Morgan fingerprint density at radius 1 is 1.17 bits per heavy atom. The summed E-state index contributed by atoms with van der Waals surface area (Å²) in [6.07, 6.45) is 0.923. The molecular weight excluding hydrogens is 379 g/mol. The van der Waals surface area contributed by atoms with Crippen LogP contribution in [0.25, 0.3) is 0 Å². The van der Waals surface area contributed by atoms with Gasteiger partial charge in [-0.05, 0) is 55.2 Å². The molecule has 3 aromatic rings. The predicted octanol–water partition coefficient (Wildman–Crippen LogP) is 4.17. The maximum atomic E-state index is 13.3. The minimum atomic E-state index is -0.295. The molecule has 5 nitrogen and oxygen atoms in total. The molecule has 0 bridgehead atoms. The maximum absolute atomic E-state index is 13.3. The maximum Gasteiger partial charge on any atom is 0.245 e. The van der Waals surface area contributed by atoms with Crippen molar-refractivity contribution in [3.8, 4) is 6.07 Å². The molecule has 6 heteroatoms. The number of nitrogens with one attached hydrogen (secondary N) is 1. The first kappa shape index (κ1) is 19.7. The van der Waals surface area contributed by atoms with Crippen molar-refractivity contribution >= 4 is 17.4 Å². The molecule has 30 heavy (non-hydrogen) atoms. The zero-order chi connectivity index (χ0) is 21.3. The van der Waals surface area contributed by atoms with E-state index in [1.54, 1.807) is 12.1 Å². The number of benzene rings is 2. The molecule has 1 aromatic heterocycles. The van der Waals surface area contributed by atoms with Crippen LogP contribution in [0.5, 0.6) is 0 Å². The van der Waals surface area contributed by atoms with E-state index in [0.717, 1.165) is 35.5 Å². The second-order valence-electron chi connectivity index (χ2n) is 7.61. The summed E-state index contributed by atoms with van der Waals surface area (Å²) in [6, 6.07) is 16.6. The molecule has 1 N–H and O–H groups in total. The molecule has 152 valence electrons. The van der Waals surface area contributed by atoms with Crippen LogP contribution in [0.15, 0.2) is 48.5 Å². The molecule has 2 aromatic carbocycles. The van der Waals surface area contributed by atoms with E-state index in [1.807, 2.05) is 36.6 Å². The first-order valence-electron chi connectivity index (χ1n) is 9.95. The number of amides is 1. The third-order valence-electron chi connectivity index (χ3n) is 5.77. The number of nitriles is 1. The van der Waals surface area contributed by atoms with Crippen molar-refractivity contribution in [2.75, 3.05) is 23.3 Å². The molecule has 0 radical (unpaired) electrons. The highest BCUT2D eigenvalue weighted by atomic mass is 19.1. The highest BCUT2D eigenvalue weighted by Gasteiger charge is 2.23. The van der Waals surface area contributed by atoms with Crippen LogP contribution >= 0.6 is 0 Å². The van der Waals surface area contributed by atoms with Crippen molar-refractivity contribution in [3.05, 3.63) is 82.3 Å². The fraction of sp³-hybridized carbons (Fsp3) is 0.250. The second kappa shape index (κ2) is 8.03. The van der Waals surface area contributed by atoms with Gasteiger partial charge in [0.2, 0.25) is 5.91 Å². The molecule has 0 saturated carbocycles. The van der Waals surface area contributed by atoms with Crippen LogP contribution in [0, 0.1) is 31.0 Å². The van der Waals surface area contributed by atoms with Gasteiger partial charge in [-0.2, -0.15) is 5.26 Å². The molecule has 0 saturated heterocycles. The van der Waals surface area contributed by atoms with Crippen molar-refractivity contribution in [1.82, 2.24) is 4.57 Å². The molecule has 0 atom stereocenters. The van der Waals surface area contributed by atoms with Crippen molar-refractivity contribution < 1.29 is 9.18 Å². The average Bonchev–Trinajstić information content (AvgIpc) is 3.24. The smallest absolute Gasteiger partial charge is 0.245 e. The number of hydrogen-bond acceptors (Lipinski definition) is 3. The normalized spacial score (nSPS) is 12.5. The first-order valence-corrected chi connectivity index (χ1v) is 9.95. The van der Waals surface area contributed by atoms with Crippen molar-refractivity contribution in [2.24, 2.45) is 0 Å². The average molecular weight is 402 g/mol. The summed E-state index contributed by atoms with van der Waals surface area (Å²) >= 11 is 0. The van der Waals surface area contributed by atoms with Gasteiger partial charge in [-0.1, -0.05) is 30.3 Å². The van der Waals surface area contributed by atoms with Gasteiger partial charge in [0.25, 0.3) is 0 Å². The highest BCUT2D eigenvalue weighted by Crippen LogP contribution is 2.29. The van der Waals surface area contributed by atoms with Crippen LogP contribution in [-0.4, -0.2) is 23.6 Å². The SMILES string of the molecule is Cc1c(C#N)c(NC(=O)CN2CCc3ccccc32)n(Cc2ccc(F)cc2)c1C. The highest BCUT2D eigenvalue weighted by molar-refractivity contribution is 5.95. The van der Waals surface area contributed by atoms with E-state index < -0.39 is 0 Å². The lowest BCUT2D eigenvalue weighted by Crippen LogP contribution is -2.32. The summed E-state index contributed by atoms with van der Waals surface area (Å²) < 4.78 is 15.2. The third kappa shape index (κ3) is 3.67. The van der Waals surface area contributed by atoms with Gasteiger partial charge in [0.1, 0.15) is 17.7 Å². The number of carbonyl (C=O) groups excluding carboxylic acids is 1. The van der Waals surface area contributed by atoms with Crippen molar-refractivity contribution in [3.63, 3.8) is 0 Å². The molecule has 4 rings (SSSR count). The molecule has 0 spiro atoms. The lowest BCUT2D eigenvalue weighted by Gasteiger charge is -2.19. The van der Waals surface area contributed by atoms with Crippen LogP contribution in [0.3, 0.4) is 0 Å². The van der Waals surface area contributed by atoms with E-state index in [9.17, 15) is 14.4 Å². The molecule has 1 amide bonds. The van der Waals surface area contributed by atoms with Gasteiger partial charge in [0, 0.05) is 24.5 Å². The van der Waals surface area contributed by atoms with Crippen LogP contribution in [0.2, 0.25) is 0 Å². The van der Waals surface area contributed by atoms with Gasteiger partial charge >= 0.3 is 0 Å². The van der Waals surface area contributed by atoms with Crippen molar-refractivity contribution in [1.29, 1.82) is 5.26 Å². The summed E-state index contributed by atoms with van der Waals surface area (Å²) in [6.45, 7) is 5.26. The molecule has 2 heterocycles. The number of hydrogen-bond donors (Lipinski definition) is 1. The standard InChI is InChI=1S/C24H23FN4O/c1-16-17(2)29(14-18-7-9-20(25)10-8-18)24(21(16)13-26)27-23(30)15-28-12-11-19-5-3-4-6-22(19)28/h3-10H,11-12,14-15H2,1-2H3,(H,27,30). The van der Waals surface area contributed by atoms with E-state index in [-0.39, 0.29) is 18.3 Å². The fourth-order valence-corrected chi connectivity index (χ4v) is 4.02. The number of aromatic nitrogens is 1. The quantitative estimate of drug-likeness (QED) is 0.697. The van der Waals surface area contributed by atoms with Crippen LogP contribution in [0.4, 0.5) is 15.9 Å². The largest absolute Gasteiger partial charge is 0.362 e. The summed E-state index contributed by atoms with van der Waals surface area (Å²) in [5, 5.41) is 12.7. The lowest BCUT2D eigenvalue weighted by atomic mass is 10.2. The molecule has 1 aliphatic rings. The van der Waals surface area contributed by atoms with E-state index in [2.05, 4.69) is 22.4 Å². The summed E-state index contributed by atoms with van der Waals surface area (Å²) in [5.41, 5.74) is 5.42. The van der Waals surface area contributed by atoms with Gasteiger partial charge < -0.3 is 14.8 Å². The Labute approximate surface area is 175 Å². The third-order valence-corrected chi connectivity index (χ3v) is 5.77. The Balaban J connectivity index is 1.58.